The summed E-state index contributed by atoms with van der Waals surface area (Å²) in [7, 11) is -1.33. The van der Waals surface area contributed by atoms with Crippen LogP contribution in [0.1, 0.15) is 13.8 Å². The fraction of sp³-hybridized carbons (Fsp3) is 1.00. The number of hydrogen-bond donors (Lipinski definition) is 0. The summed E-state index contributed by atoms with van der Waals surface area (Å²) >= 11 is 0. The molecule has 0 rings (SSSR count). The lowest BCUT2D eigenvalue weighted by atomic mass is 10.9. The largest absolute Gasteiger partial charge is 0.697 e. The predicted octanol–water partition coefficient (Wildman–Crippen LogP) is 2.30. The minimum absolute atomic E-state index is 0.440. The summed E-state index contributed by atoms with van der Waals surface area (Å²) in [6.07, 6.45) is 0. The maximum absolute atomic E-state index is 10.3. The highest BCUT2D eigenvalue weighted by molar-refractivity contribution is 7.33. The molecule has 0 radical (unpaired) electrons. The lowest BCUT2D eigenvalue weighted by molar-refractivity contribution is 0.243. The van der Waals surface area contributed by atoms with Gasteiger partial charge < -0.3 is 0 Å². The van der Waals surface area contributed by atoms with Crippen molar-refractivity contribution in [1.29, 1.82) is 0 Å². The standard InChI is InChI=1S/C4H10O3P.CH3F/c1-3-6-8(5)7-4-2;1-2/h3-4H2,1-2H3;1H3/q+1;. The van der Waals surface area contributed by atoms with Crippen molar-refractivity contribution >= 4 is 8.25 Å². The number of rotatable bonds is 4. The third-order valence-electron chi connectivity index (χ3n) is 0.469. The van der Waals surface area contributed by atoms with Crippen molar-refractivity contribution in [2.45, 2.75) is 13.8 Å². The molecule has 10 heavy (non-hydrogen) atoms. The van der Waals surface area contributed by atoms with Gasteiger partial charge in [-0.3, -0.25) is 4.39 Å². The van der Waals surface area contributed by atoms with Gasteiger partial charge in [-0.15, -0.1) is 9.05 Å². The Hall–Kier alpha value is -0.0500. The van der Waals surface area contributed by atoms with Gasteiger partial charge in [0.05, 0.1) is 7.18 Å². The van der Waals surface area contributed by atoms with E-state index in [0.29, 0.717) is 20.4 Å². The van der Waals surface area contributed by atoms with Crippen molar-refractivity contribution in [2.75, 3.05) is 20.4 Å². The molecule has 0 aliphatic heterocycles. The zero-order chi connectivity index (χ0) is 8.41. The van der Waals surface area contributed by atoms with Crippen LogP contribution in [0, 0.1) is 0 Å². The highest BCUT2D eigenvalue weighted by Crippen LogP contribution is 2.21. The Kier molecular flexibility index (Phi) is 14.8. The van der Waals surface area contributed by atoms with Gasteiger partial charge in [0.2, 0.25) is 0 Å². The molecule has 3 nitrogen and oxygen atoms in total. The van der Waals surface area contributed by atoms with E-state index in [0.717, 1.165) is 0 Å². The predicted molar refractivity (Wildman–Crippen MR) is 37.9 cm³/mol. The smallest absolute Gasteiger partial charge is 0.255 e. The van der Waals surface area contributed by atoms with Crippen molar-refractivity contribution in [2.24, 2.45) is 0 Å². The molecule has 0 aromatic heterocycles. The first kappa shape index (κ1) is 12.6. The molecule has 0 aliphatic rings. The van der Waals surface area contributed by atoms with Crippen LogP contribution in [0.25, 0.3) is 0 Å². The Morgan fingerprint density at radius 2 is 1.50 bits per heavy atom. The lowest BCUT2D eigenvalue weighted by Crippen LogP contribution is -1.81. The molecule has 0 aliphatic carbocycles. The molecule has 0 amide bonds. The number of hydrogen-bond acceptors (Lipinski definition) is 3. The zero-order valence-electron chi connectivity index (χ0n) is 6.46. The maximum atomic E-state index is 10.3. The SMILES string of the molecule is CCO[P+](=O)OCC.CF. The van der Waals surface area contributed by atoms with Gasteiger partial charge in [0.15, 0.2) is 0 Å². The Morgan fingerprint density at radius 1 is 1.20 bits per heavy atom. The quantitative estimate of drug-likeness (QED) is 0.609. The topological polar surface area (TPSA) is 35.5 Å². The summed E-state index contributed by atoms with van der Waals surface area (Å²) in [4.78, 5) is 0. The average Bonchev–Trinajstić information content (AvgIpc) is 1.93. The van der Waals surface area contributed by atoms with E-state index in [4.69, 9.17) is 0 Å². The molecule has 0 saturated carbocycles. The second-order valence-electron chi connectivity index (χ2n) is 1.06. The summed E-state index contributed by atoms with van der Waals surface area (Å²) in [5.74, 6) is 0. The highest BCUT2D eigenvalue weighted by atomic mass is 31.1. The van der Waals surface area contributed by atoms with E-state index in [1.54, 1.807) is 13.8 Å². The molecular weight excluding hydrogens is 158 g/mol. The molecule has 0 atom stereocenters. The summed E-state index contributed by atoms with van der Waals surface area (Å²) in [6, 6.07) is 0. The second-order valence-corrected chi connectivity index (χ2v) is 2.02. The van der Waals surface area contributed by atoms with Gasteiger partial charge in [0.1, 0.15) is 13.2 Å². The molecule has 0 saturated heterocycles. The van der Waals surface area contributed by atoms with Crippen LogP contribution in [-0.2, 0) is 13.6 Å². The van der Waals surface area contributed by atoms with Gasteiger partial charge in [-0.1, -0.05) is 0 Å². The number of alkyl halides is 1. The normalized spacial score (nSPS) is 8.00. The van der Waals surface area contributed by atoms with E-state index in [9.17, 15) is 8.96 Å². The van der Waals surface area contributed by atoms with Gasteiger partial charge in [-0.05, 0) is 13.8 Å². The van der Waals surface area contributed by atoms with Gasteiger partial charge in [0, 0.05) is 4.57 Å². The van der Waals surface area contributed by atoms with Crippen LogP contribution < -0.4 is 0 Å². The van der Waals surface area contributed by atoms with E-state index in [2.05, 4.69) is 9.05 Å². The van der Waals surface area contributed by atoms with Crippen molar-refractivity contribution in [3.05, 3.63) is 0 Å². The summed E-state index contributed by atoms with van der Waals surface area (Å²) in [6.45, 7) is 4.42. The maximum Gasteiger partial charge on any atom is 0.697 e. The van der Waals surface area contributed by atoms with Gasteiger partial charge in [-0.2, -0.15) is 0 Å². The third kappa shape index (κ3) is 10.8. The molecule has 0 aromatic rings. The molecule has 5 heteroatoms. The monoisotopic (exact) mass is 171 g/mol. The molecule has 62 valence electrons. The number of halogens is 1. The fourth-order valence-corrected chi connectivity index (χ4v) is 0.744. The van der Waals surface area contributed by atoms with Crippen LogP contribution in [0.15, 0.2) is 0 Å². The van der Waals surface area contributed by atoms with Gasteiger partial charge in [0.25, 0.3) is 0 Å². The first-order valence-electron chi connectivity index (χ1n) is 2.92. The molecule has 0 fully saturated rings. The summed E-state index contributed by atoms with van der Waals surface area (Å²) < 4.78 is 29.0. The summed E-state index contributed by atoms with van der Waals surface area (Å²) in [5, 5.41) is 0. The average molecular weight is 171 g/mol. The van der Waals surface area contributed by atoms with Crippen molar-refractivity contribution in [1.82, 2.24) is 0 Å². The minimum Gasteiger partial charge on any atom is -0.255 e. The van der Waals surface area contributed by atoms with E-state index in [-0.39, 0.29) is 0 Å². The minimum atomic E-state index is -1.83. The molecule has 0 aromatic carbocycles. The lowest BCUT2D eigenvalue weighted by Gasteiger charge is -1.78. The van der Waals surface area contributed by atoms with Crippen LogP contribution in [0.5, 0.6) is 0 Å². The van der Waals surface area contributed by atoms with E-state index in [1.807, 2.05) is 0 Å². The third-order valence-corrected chi connectivity index (χ3v) is 1.41. The van der Waals surface area contributed by atoms with E-state index >= 15 is 0 Å². The van der Waals surface area contributed by atoms with E-state index in [1.165, 1.54) is 0 Å². The Bertz CT molecular complexity index is 71.3. The molecular formula is C5H13FO3P+. The fourth-order valence-electron chi connectivity index (χ4n) is 0.248. The molecule has 0 bridgehead atoms. The van der Waals surface area contributed by atoms with Crippen LogP contribution in [0.4, 0.5) is 4.39 Å². The van der Waals surface area contributed by atoms with Crippen LogP contribution >= 0.6 is 8.25 Å². The van der Waals surface area contributed by atoms with Crippen LogP contribution in [-0.4, -0.2) is 20.4 Å². The Balaban J connectivity index is 0. The molecule has 0 unspecified atom stereocenters. The van der Waals surface area contributed by atoms with Crippen LogP contribution in [0.2, 0.25) is 0 Å². The van der Waals surface area contributed by atoms with Crippen molar-refractivity contribution in [3.8, 4) is 0 Å². The molecule has 0 N–H and O–H groups in total. The summed E-state index contributed by atoms with van der Waals surface area (Å²) in [5.41, 5.74) is 0. The Labute approximate surface area is 61.5 Å². The second kappa shape index (κ2) is 11.7. The van der Waals surface area contributed by atoms with Gasteiger partial charge >= 0.3 is 8.25 Å². The first-order chi connectivity index (χ1) is 4.81. The van der Waals surface area contributed by atoms with Gasteiger partial charge in [-0.25, -0.2) is 0 Å². The van der Waals surface area contributed by atoms with Crippen molar-refractivity contribution in [3.63, 3.8) is 0 Å². The zero-order valence-corrected chi connectivity index (χ0v) is 7.36. The van der Waals surface area contributed by atoms with Crippen molar-refractivity contribution < 1.29 is 18.0 Å². The van der Waals surface area contributed by atoms with Crippen LogP contribution in [0.3, 0.4) is 0 Å². The first-order valence-corrected chi connectivity index (χ1v) is 4.01. The highest BCUT2D eigenvalue weighted by Gasteiger charge is 2.15. The Morgan fingerprint density at radius 3 is 1.70 bits per heavy atom. The molecule has 0 spiro atoms. The van der Waals surface area contributed by atoms with E-state index < -0.39 is 8.25 Å². The molecule has 0 heterocycles.